The Morgan fingerprint density at radius 1 is 1.29 bits per heavy atom. The van der Waals surface area contributed by atoms with Crippen molar-refractivity contribution >= 4 is 28.8 Å². The highest BCUT2D eigenvalue weighted by Crippen LogP contribution is 2.43. The Morgan fingerprint density at radius 3 is 2.76 bits per heavy atom. The van der Waals surface area contributed by atoms with E-state index in [4.69, 9.17) is 26.6 Å². The van der Waals surface area contributed by atoms with Gasteiger partial charge in [0.05, 0.1) is 12.7 Å². The predicted octanol–water partition coefficient (Wildman–Crippen LogP) is 4.62. The zero-order valence-corrected chi connectivity index (χ0v) is 13.1. The van der Waals surface area contributed by atoms with E-state index in [1.165, 1.54) is 0 Å². The van der Waals surface area contributed by atoms with Crippen molar-refractivity contribution in [2.45, 2.75) is 6.92 Å². The molecule has 4 nitrogen and oxygen atoms in total. The first-order chi connectivity index (χ1) is 10.1. The van der Waals surface area contributed by atoms with Gasteiger partial charge in [-0.05, 0) is 36.1 Å². The molecule has 6 heteroatoms. The van der Waals surface area contributed by atoms with Gasteiger partial charge < -0.3 is 15.0 Å². The van der Waals surface area contributed by atoms with Gasteiger partial charge in [0, 0.05) is 21.5 Å². The van der Waals surface area contributed by atoms with E-state index >= 15 is 0 Å². The minimum Gasteiger partial charge on any atom is -0.496 e. The molecular formula is C15H13ClN2O2S. The molecule has 108 valence electrons. The molecule has 3 rings (SSSR count). The maximum atomic E-state index is 6.11. The highest BCUT2D eigenvalue weighted by atomic mass is 35.5. The van der Waals surface area contributed by atoms with Crippen LogP contribution in [0.25, 0.3) is 22.5 Å². The lowest BCUT2D eigenvalue weighted by Gasteiger charge is -2.09. The fourth-order valence-corrected chi connectivity index (χ4v) is 3.22. The van der Waals surface area contributed by atoms with Crippen LogP contribution in [0.2, 0.25) is 5.02 Å². The topological polar surface area (TPSA) is 61.3 Å². The Hall–Kier alpha value is -1.98. The maximum Gasteiger partial charge on any atom is 0.178 e. The number of nitrogens with two attached hydrogens (primary N) is 1. The van der Waals surface area contributed by atoms with E-state index in [1.807, 2.05) is 17.7 Å². The quantitative estimate of drug-likeness (QED) is 0.764. The lowest BCUT2D eigenvalue weighted by molar-refractivity contribution is 0.416. The molecule has 1 aromatic carbocycles. The summed E-state index contributed by atoms with van der Waals surface area (Å²) in [5.41, 5.74) is 9.56. The first kappa shape index (κ1) is 14.0. The van der Waals surface area contributed by atoms with Gasteiger partial charge in [-0.3, -0.25) is 0 Å². The Kier molecular flexibility index (Phi) is 3.61. The molecule has 0 aliphatic rings. The molecular weight excluding hydrogens is 308 g/mol. The van der Waals surface area contributed by atoms with Gasteiger partial charge in [0.1, 0.15) is 5.75 Å². The molecule has 0 amide bonds. The number of nitrogens with zero attached hydrogens (tertiary/aromatic N) is 1. The van der Waals surface area contributed by atoms with Crippen LogP contribution in [0.4, 0.5) is 5.82 Å². The minimum absolute atomic E-state index is 0.316. The predicted molar refractivity (Wildman–Crippen MR) is 86.0 cm³/mol. The molecule has 0 aliphatic carbocycles. The maximum absolute atomic E-state index is 6.11. The van der Waals surface area contributed by atoms with Crippen LogP contribution in [0.15, 0.2) is 33.5 Å². The van der Waals surface area contributed by atoms with E-state index in [-0.39, 0.29) is 0 Å². The van der Waals surface area contributed by atoms with Gasteiger partial charge >= 0.3 is 0 Å². The Bertz CT molecular complexity index is 795. The molecule has 0 saturated heterocycles. The number of ether oxygens (including phenoxy) is 1. The molecule has 0 spiro atoms. The van der Waals surface area contributed by atoms with E-state index in [9.17, 15) is 0 Å². The fourth-order valence-electron chi connectivity index (χ4n) is 2.22. The lowest BCUT2D eigenvalue weighted by Crippen LogP contribution is -1.93. The molecule has 0 radical (unpaired) electrons. The molecule has 3 aromatic rings. The van der Waals surface area contributed by atoms with Crippen LogP contribution in [0.1, 0.15) is 5.56 Å². The monoisotopic (exact) mass is 320 g/mol. The average molecular weight is 321 g/mol. The zero-order chi connectivity index (χ0) is 15.0. The molecule has 21 heavy (non-hydrogen) atoms. The van der Waals surface area contributed by atoms with Crippen LogP contribution in [0, 0.1) is 6.92 Å². The Balaban J connectivity index is 2.27. The van der Waals surface area contributed by atoms with Crippen molar-refractivity contribution < 1.29 is 9.26 Å². The van der Waals surface area contributed by atoms with Gasteiger partial charge in [-0.25, -0.2) is 0 Å². The number of anilines is 1. The summed E-state index contributed by atoms with van der Waals surface area (Å²) >= 11 is 7.71. The standard InChI is InChI=1S/C15H13ClN2O2S/c1-8-6-21-7-11(8)14-13(15(17)18-20-14)10-5-9(16)3-4-12(10)19-2/h3-7H,1-2H3,(H2,17,18). The van der Waals surface area contributed by atoms with Crippen LogP contribution < -0.4 is 10.5 Å². The number of thiophene rings is 1. The van der Waals surface area contributed by atoms with Gasteiger partial charge in [0.15, 0.2) is 11.6 Å². The summed E-state index contributed by atoms with van der Waals surface area (Å²) in [5, 5.41) is 8.56. The Morgan fingerprint density at radius 2 is 2.10 bits per heavy atom. The largest absolute Gasteiger partial charge is 0.496 e. The van der Waals surface area contributed by atoms with Crippen molar-refractivity contribution in [1.82, 2.24) is 5.16 Å². The van der Waals surface area contributed by atoms with Gasteiger partial charge in [-0.2, -0.15) is 11.3 Å². The number of rotatable bonds is 3. The fraction of sp³-hybridized carbons (Fsp3) is 0.133. The van der Waals surface area contributed by atoms with E-state index < -0.39 is 0 Å². The number of aromatic nitrogens is 1. The second-order valence-corrected chi connectivity index (χ2v) is 5.77. The summed E-state index contributed by atoms with van der Waals surface area (Å²) in [6.07, 6.45) is 0. The second kappa shape index (κ2) is 5.42. The molecule has 0 fully saturated rings. The third-order valence-electron chi connectivity index (χ3n) is 3.25. The number of halogens is 1. The molecule has 0 unspecified atom stereocenters. The summed E-state index contributed by atoms with van der Waals surface area (Å²) in [6.45, 7) is 2.02. The van der Waals surface area contributed by atoms with Crippen molar-refractivity contribution in [3.05, 3.63) is 39.5 Å². The second-order valence-electron chi connectivity index (χ2n) is 4.59. The van der Waals surface area contributed by atoms with Gasteiger partial charge in [0.25, 0.3) is 0 Å². The molecule has 2 heterocycles. The first-order valence-corrected chi connectivity index (χ1v) is 7.56. The van der Waals surface area contributed by atoms with Crippen LogP contribution >= 0.6 is 22.9 Å². The summed E-state index contributed by atoms with van der Waals surface area (Å²) in [7, 11) is 1.60. The zero-order valence-electron chi connectivity index (χ0n) is 11.5. The van der Waals surface area contributed by atoms with Gasteiger partial charge in [0.2, 0.25) is 0 Å². The van der Waals surface area contributed by atoms with E-state index in [2.05, 4.69) is 5.16 Å². The van der Waals surface area contributed by atoms with E-state index in [0.29, 0.717) is 27.9 Å². The third-order valence-corrected chi connectivity index (χ3v) is 4.35. The van der Waals surface area contributed by atoms with Crippen LogP contribution in [-0.4, -0.2) is 12.3 Å². The van der Waals surface area contributed by atoms with Gasteiger partial charge in [-0.15, -0.1) is 0 Å². The molecule has 2 aromatic heterocycles. The molecule has 0 atom stereocenters. The van der Waals surface area contributed by atoms with Crippen LogP contribution in [-0.2, 0) is 0 Å². The normalized spacial score (nSPS) is 10.8. The van der Waals surface area contributed by atoms with Gasteiger partial charge in [-0.1, -0.05) is 16.8 Å². The number of hydrogen-bond donors (Lipinski definition) is 1. The molecule has 0 bridgehead atoms. The summed E-state index contributed by atoms with van der Waals surface area (Å²) in [5.74, 6) is 1.62. The number of aryl methyl sites for hydroxylation is 1. The van der Waals surface area contributed by atoms with Crippen molar-refractivity contribution in [3.63, 3.8) is 0 Å². The highest BCUT2D eigenvalue weighted by Gasteiger charge is 2.22. The SMILES string of the molecule is COc1ccc(Cl)cc1-c1c(N)noc1-c1cscc1C. The first-order valence-electron chi connectivity index (χ1n) is 6.24. The smallest absolute Gasteiger partial charge is 0.178 e. The molecule has 2 N–H and O–H groups in total. The van der Waals surface area contributed by atoms with Crippen molar-refractivity contribution in [2.24, 2.45) is 0 Å². The van der Waals surface area contributed by atoms with E-state index in [1.54, 1.807) is 36.6 Å². The molecule has 0 saturated carbocycles. The number of hydrogen-bond acceptors (Lipinski definition) is 5. The van der Waals surface area contributed by atoms with E-state index in [0.717, 1.165) is 16.7 Å². The minimum atomic E-state index is 0.316. The van der Waals surface area contributed by atoms with Crippen LogP contribution in [0.3, 0.4) is 0 Å². The number of benzene rings is 1. The van der Waals surface area contributed by atoms with Crippen molar-refractivity contribution in [1.29, 1.82) is 0 Å². The third kappa shape index (κ3) is 2.39. The summed E-state index contributed by atoms with van der Waals surface area (Å²) in [4.78, 5) is 0. The average Bonchev–Trinajstić information content (AvgIpc) is 3.04. The van der Waals surface area contributed by atoms with Crippen molar-refractivity contribution in [2.75, 3.05) is 12.8 Å². The number of nitrogen functional groups attached to an aromatic ring is 1. The molecule has 0 aliphatic heterocycles. The van der Waals surface area contributed by atoms with Crippen LogP contribution in [0.5, 0.6) is 5.75 Å². The summed E-state index contributed by atoms with van der Waals surface area (Å²) in [6, 6.07) is 5.37. The Labute approximate surface area is 131 Å². The summed E-state index contributed by atoms with van der Waals surface area (Å²) < 4.78 is 10.8. The lowest BCUT2D eigenvalue weighted by atomic mass is 10.0. The number of methoxy groups -OCH3 is 1. The highest BCUT2D eigenvalue weighted by molar-refractivity contribution is 7.08. The van der Waals surface area contributed by atoms with Crippen molar-refractivity contribution in [3.8, 4) is 28.2 Å².